The zero-order valence-electron chi connectivity index (χ0n) is 5.90. The molecule has 0 amide bonds. The molecule has 3 aliphatic rings. The Labute approximate surface area is 56.8 Å². The molecule has 0 radical (unpaired) electrons. The summed E-state index contributed by atoms with van der Waals surface area (Å²) in [5.41, 5.74) is 0. The summed E-state index contributed by atoms with van der Waals surface area (Å²) in [4.78, 5) is 0. The van der Waals surface area contributed by atoms with Gasteiger partial charge in [0.05, 0.1) is 0 Å². The molecule has 0 aromatic rings. The first-order valence-corrected chi connectivity index (χ1v) is 4.16. The van der Waals surface area contributed by atoms with E-state index in [0.717, 1.165) is 11.8 Å². The fourth-order valence-corrected chi connectivity index (χ4v) is 2.13. The summed E-state index contributed by atoms with van der Waals surface area (Å²) in [5, 5.41) is 3.51. The third-order valence-corrected chi connectivity index (χ3v) is 2.83. The van der Waals surface area contributed by atoms with E-state index in [2.05, 4.69) is 5.32 Å². The quantitative estimate of drug-likeness (QED) is 0.516. The number of nitrogens with one attached hydrogen (secondary N) is 1. The molecule has 0 atom stereocenters. The Hall–Kier alpha value is -0.0400. The predicted molar refractivity (Wildman–Crippen MR) is 38.3 cm³/mol. The normalized spacial score (nSPS) is 42.7. The van der Waals surface area contributed by atoms with Crippen molar-refractivity contribution in [2.24, 2.45) is 11.8 Å². The molecule has 1 heteroatoms. The van der Waals surface area contributed by atoms with Crippen molar-refractivity contribution in [3.05, 3.63) is 0 Å². The highest BCUT2D eigenvalue weighted by atomic mass is 14.9. The van der Waals surface area contributed by atoms with E-state index in [4.69, 9.17) is 0 Å². The topological polar surface area (TPSA) is 12.0 Å². The van der Waals surface area contributed by atoms with Gasteiger partial charge in [-0.15, -0.1) is 0 Å². The van der Waals surface area contributed by atoms with Crippen LogP contribution >= 0.6 is 0 Å². The zero-order valence-corrected chi connectivity index (χ0v) is 5.90. The average Bonchev–Trinajstić information content (AvgIpc) is 2.21. The smallest absolute Gasteiger partial charge is 0.00204 e. The van der Waals surface area contributed by atoms with Crippen LogP contribution in [0.15, 0.2) is 0 Å². The van der Waals surface area contributed by atoms with Gasteiger partial charge in [-0.3, -0.25) is 0 Å². The van der Waals surface area contributed by atoms with Gasteiger partial charge in [0.25, 0.3) is 0 Å². The van der Waals surface area contributed by atoms with Crippen LogP contribution in [0.1, 0.15) is 25.7 Å². The van der Waals surface area contributed by atoms with Gasteiger partial charge < -0.3 is 5.32 Å². The van der Waals surface area contributed by atoms with Crippen molar-refractivity contribution in [1.29, 1.82) is 0 Å². The van der Waals surface area contributed by atoms with Crippen molar-refractivity contribution in [3.8, 4) is 0 Å². The highest BCUT2D eigenvalue weighted by molar-refractivity contribution is 4.79. The number of hydrogen-bond donors (Lipinski definition) is 1. The molecule has 0 spiro atoms. The molecule has 1 nitrogen and oxygen atoms in total. The Bertz CT molecular complexity index is 75.2. The summed E-state index contributed by atoms with van der Waals surface area (Å²) in [6.07, 6.45) is 5.99. The van der Waals surface area contributed by atoms with E-state index in [1.165, 1.54) is 38.8 Å². The van der Waals surface area contributed by atoms with Crippen LogP contribution in [0.4, 0.5) is 0 Å². The molecular formula is C8H15N. The predicted octanol–water partition coefficient (Wildman–Crippen LogP) is 1.40. The first-order valence-electron chi connectivity index (χ1n) is 4.16. The van der Waals surface area contributed by atoms with Crippen molar-refractivity contribution >= 4 is 0 Å². The highest BCUT2D eigenvalue weighted by Crippen LogP contribution is 2.30. The average molecular weight is 125 g/mol. The van der Waals surface area contributed by atoms with Crippen molar-refractivity contribution in [2.75, 3.05) is 13.1 Å². The van der Waals surface area contributed by atoms with Crippen LogP contribution in [0, 0.1) is 11.8 Å². The molecule has 52 valence electrons. The molecular weight excluding hydrogens is 110 g/mol. The number of fused-ring (bicyclic) bond motifs is 4. The number of hydrogen-bond acceptors (Lipinski definition) is 1. The van der Waals surface area contributed by atoms with Gasteiger partial charge in [0.2, 0.25) is 0 Å². The fourth-order valence-electron chi connectivity index (χ4n) is 2.13. The molecule has 9 heavy (non-hydrogen) atoms. The van der Waals surface area contributed by atoms with E-state index in [-0.39, 0.29) is 0 Å². The largest absolute Gasteiger partial charge is 0.316 e. The van der Waals surface area contributed by atoms with Crippen LogP contribution < -0.4 is 5.32 Å². The van der Waals surface area contributed by atoms with Crippen LogP contribution in [0.25, 0.3) is 0 Å². The van der Waals surface area contributed by atoms with Crippen LogP contribution in [-0.2, 0) is 0 Å². The molecule has 1 saturated carbocycles. The van der Waals surface area contributed by atoms with E-state index in [1.807, 2.05) is 0 Å². The standard InChI is InChI=1S/C8H15N/c1-2-8-4-3-7(1)5-9-6-8/h7-9H,1-6H2/t7-,8-. The van der Waals surface area contributed by atoms with Crippen LogP contribution in [0.2, 0.25) is 0 Å². The maximum atomic E-state index is 3.51. The lowest BCUT2D eigenvalue weighted by Crippen LogP contribution is -2.19. The van der Waals surface area contributed by atoms with Gasteiger partial charge >= 0.3 is 0 Å². The van der Waals surface area contributed by atoms with Crippen molar-refractivity contribution in [2.45, 2.75) is 25.7 Å². The second-order valence-electron chi connectivity index (χ2n) is 3.54. The van der Waals surface area contributed by atoms with Gasteiger partial charge in [0.1, 0.15) is 0 Å². The van der Waals surface area contributed by atoms with Crippen LogP contribution in [-0.4, -0.2) is 13.1 Å². The molecule has 2 aliphatic heterocycles. The third-order valence-electron chi connectivity index (χ3n) is 2.83. The molecule has 2 saturated heterocycles. The lowest BCUT2D eigenvalue weighted by Gasteiger charge is -2.21. The molecule has 2 heterocycles. The Kier molecular flexibility index (Phi) is 1.46. The minimum absolute atomic E-state index is 1.03. The molecule has 2 bridgehead atoms. The van der Waals surface area contributed by atoms with Gasteiger partial charge in [-0.1, -0.05) is 0 Å². The second kappa shape index (κ2) is 2.30. The van der Waals surface area contributed by atoms with E-state index in [9.17, 15) is 0 Å². The molecule has 0 unspecified atom stereocenters. The van der Waals surface area contributed by atoms with Gasteiger partial charge in [-0.25, -0.2) is 0 Å². The maximum absolute atomic E-state index is 3.51. The first-order chi connectivity index (χ1) is 4.45. The third kappa shape index (κ3) is 1.11. The monoisotopic (exact) mass is 125 g/mol. The van der Waals surface area contributed by atoms with Crippen LogP contribution in [0.3, 0.4) is 0 Å². The van der Waals surface area contributed by atoms with Gasteiger partial charge in [0, 0.05) is 0 Å². The summed E-state index contributed by atoms with van der Waals surface area (Å²) in [5.74, 6) is 2.06. The van der Waals surface area contributed by atoms with Crippen LogP contribution in [0.5, 0.6) is 0 Å². The lowest BCUT2D eigenvalue weighted by molar-refractivity contribution is 0.326. The summed E-state index contributed by atoms with van der Waals surface area (Å²) in [7, 11) is 0. The van der Waals surface area contributed by atoms with E-state index >= 15 is 0 Å². The summed E-state index contributed by atoms with van der Waals surface area (Å²) in [6, 6.07) is 0. The molecule has 1 aliphatic carbocycles. The summed E-state index contributed by atoms with van der Waals surface area (Å²) in [6.45, 7) is 2.60. The van der Waals surface area contributed by atoms with Gasteiger partial charge in [-0.2, -0.15) is 0 Å². The Morgan fingerprint density at radius 2 is 1.22 bits per heavy atom. The Morgan fingerprint density at radius 3 is 1.67 bits per heavy atom. The molecule has 1 N–H and O–H groups in total. The fraction of sp³-hybridized carbons (Fsp3) is 1.00. The summed E-state index contributed by atoms with van der Waals surface area (Å²) >= 11 is 0. The SMILES string of the molecule is C1C[C@H]2CC[C@H]1CNC2. The Balaban J connectivity index is 2.03. The summed E-state index contributed by atoms with van der Waals surface area (Å²) < 4.78 is 0. The van der Waals surface area contributed by atoms with E-state index in [1.54, 1.807) is 0 Å². The van der Waals surface area contributed by atoms with Gasteiger partial charge in [0.15, 0.2) is 0 Å². The molecule has 3 fully saturated rings. The van der Waals surface area contributed by atoms with Crippen molar-refractivity contribution < 1.29 is 0 Å². The lowest BCUT2D eigenvalue weighted by atomic mass is 9.84. The number of rotatable bonds is 0. The molecule has 0 aromatic heterocycles. The Morgan fingerprint density at radius 1 is 0.778 bits per heavy atom. The first kappa shape index (κ1) is 5.72. The van der Waals surface area contributed by atoms with Crippen molar-refractivity contribution in [3.63, 3.8) is 0 Å². The van der Waals surface area contributed by atoms with E-state index in [0.29, 0.717) is 0 Å². The highest BCUT2D eigenvalue weighted by Gasteiger charge is 2.23. The minimum atomic E-state index is 1.03. The molecule has 0 aromatic carbocycles. The molecule has 3 rings (SSSR count). The van der Waals surface area contributed by atoms with E-state index < -0.39 is 0 Å². The van der Waals surface area contributed by atoms with Crippen molar-refractivity contribution in [1.82, 2.24) is 5.32 Å². The van der Waals surface area contributed by atoms with Gasteiger partial charge in [-0.05, 0) is 50.6 Å². The second-order valence-corrected chi connectivity index (χ2v) is 3.54. The maximum Gasteiger partial charge on any atom is -0.00204 e. The zero-order chi connectivity index (χ0) is 6.10. The minimum Gasteiger partial charge on any atom is -0.316 e.